The minimum Gasteiger partial charge on any atom is -0.381 e. The Morgan fingerprint density at radius 3 is 2.61 bits per heavy atom. The number of ether oxygens (including phenoxy) is 1. The summed E-state index contributed by atoms with van der Waals surface area (Å²) in [7, 11) is 1.44. The van der Waals surface area contributed by atoms with Crippen LogP contribution < -0.4 is 0 Å². The summed E-state index contributed by atoms with van der Waals surface area (Å²) in [6.45, 7) is 1.76. The van der Waals surface area contributed by atoms with Crippen molar-refractivity contribution < 1.29 is 22.7 Å². The van der Waals surface area contributed by atoms with Gasteiger partial charge in [0, 0.05) is 30.7 Å². The third-order valence-electron chi connectivity index (χ3n) is 5.70. The second-order valence-electron chi connectivity index (χ2n) is 7.84. The number of benzene rings is 2. The van der Waals surface area contributed by atoms with Crippen LogP contribution in [-0.4, -0.2) is 42.8 Å². The van der Waals surface area contributed by atoms with Gasteiger partial charge in [-0.25, -0.2) is 4.39 Å². The molecule has 6 heteroatoms. The van der Waals surface area contributed by atoms with Crippen molar-refractivity contribution >= 4 is 5.91 Å². The Bertz CT molecular complexity index is 930. The van der Waals surface area contributed by atoms with Crippen LogP contribution in [0.25, 0.3) is 11.1 Å². The fourth-order valence-corrected chi connectivity index (χ4v) is 4.47. The predicted octanol–water partition coefficient (Wildman–Crippen LogP) is 4.33. The van der Waals surface area contributed by atoms with Crippen molar-refractivity contribution in [3.63, 3.8) is 0 Å². The highest BCUT2D eigenvalue weighted by molar-refractivity contribution is 5.83. The summed E-state index contributed by atoms with van der Waals surface area (Å²) in [5, 5.41) is 0. The molecule has 1 aliphatic heterocycles. The molecule has 3 nitrogen and oxygen atoms in total. The molecule has 1 aliphatic carbocycles. The quantitative estimate of drug-likeness (QED) is 0.779. The van der Waals surface area contributed by atoms with Gasteiger partial charge in [-0.1, -0.05) is 42.5 Å². The summed E-state index contributed by atoms with van der Waals surface area (Å²) in [5.74, 6) is -3.24. The number of carbonyl (C=O) groups is 1. The van der Waals surface area contributed by atoms with E-state index in [1.807, 2.05) is 6.92 Å². The lowest BCUT2D eigenvalue weighted by Gasteiger charge is -2.22. The van der Waals surface area contributed by atoms with Gasteiger partial charge in [-0.05, 0) is 23.6 Å². The van der Waals surface area contributed by atoms with Crippen molar-refractivity contribution in [2.75, 3.05) is 20.3 Å². The minimum atomic E-state index is -3.04. The van der Waals surface area contributed by atoms with E-state index in [-0.39, 0.29) is 49.1 Å². The lowest BCUT2D eigenvalue weighted by atomic mass is 10.0. The summed E-state index contributed by atoms with van der Waals surface area (Å²) >= 11 is 0. The maximum atomic E-state index is 14.7. The van der Waals surface area contributed by atoms with E-state index in [0.717, 1.165) is 0 Å². The van der Waals surface area contributed by atoms with Gasteiger partial charge in [0.05, 0.1) is 19.6 Å². The lowest BCUT2D eigenvalue weighted by molar-refractivity contribution is -0.131. The van der Waals surface area contributed by atoms with E-state index in [0.29, 0.717) is 16.7 Å². The average Bonchev–Trinajstić information content (AvgIpc) is 3.07. The van der Waals surface area contributed by atoms with Crippen molar-refractivity contribution in [3.8, 4) is 11.1 Å². The maximum absolute atomic E-state index is 14.7. The zero-order valence-corrected chi connectivity index (χ0v) is 15.8. The van der Waals surface area contributed by atoms with Crippen LogP contribution in [0.5, 0.6) is 0 Å². The number of halogens is 3. The molecule has 0 spiro atoms. The van der Waals surface area contributed by atoms with Crippen LogP contribution in [-0.2, 0) is 21.9 Å². The van der Waals surface area contributed by atoms with Crippen LogP contribution in [0.1, 0.15) is 30.0 Å². The van der Waals surface area contributed by atoms with Crippen molar-refractivity contribution in [2.24, 2.45) is 0 Å². The number of fused-ring (bicyclic) bond motifs is 3. The van der Waals surface area contributed by atoms with Crippen molar-refractivity contribution in [2.45, 2.75) is 37.4 Å². The van der Waals surface area contributed by atoms with Crippen molar-refractivity contribution in [1.82, 2.24) is 4.90 Å². The molecule has 2 aromatic carbocycles. The number of hydrogen-bond donors (Lipinski definition) is 0. The number of alkyl halides is 3. The largest absolute Gasteiger partial charge is 0.381 e. The Morgan fingerprint density at radius 2 is 1.86 bits per heavy atom. The Morgan fingerprint density at radius 1 is 1.14 bits per heavy atom. The summed E-state index contributed by atoms with van der Waals surface area (Å²) < 4.78 is 49.0. The molecule has 1 amide bonds. The molecule has 0 radical (unpaired) electrons. The molecule has 1 unspecified atom stereocenters. The third kappa shape index (κ3) is 3.00. The smallest absolute Gasteiger partial charge is 0.299 e. The molecule has 0 aromatic heterocycles. The fraction of sp³-hybridized carbons (Fsp3) is 0.409. The molecule has 2 atom stereocenters. The van der Waals surface area contributed by atoms with E-state index >= 15 is 0 Å². The van der Waals surface area contributed by atoms with E-state index < -0.39 is 11.6 Å². The molecular weight excluding hydrogens is 367 g/mol. The average molecular weight is 389 g/mol. The summed E-state index contributed by atoms with van der Waals surface area (Å²) in [6, 6.07) is 10.8. The second kappa shape index (κ2) is 6.62. The highest BCUT2D eigenvalue weighted by atomic mass is 19.3. The van der Waals surface area contributed by atoms with Crippen LogP contribution in [0, 0.1) is 0 Å². The van der Waals surface area contributed by atoms with Crippen LogP contribution >= 0.6 is 0 Å². The summed E-state index contributed by atoms with van der Waals surface area (Å²) in [5.41, 5.74) is 0.00837. The van der Waals surface area contributed by atoms with E-state index in [9.17, 15) is 18.0 Å². The third-order valence-corrected chi connectivity index (χ3v) is 5.70. The van der Waals surface area contributed by atoms with E-state index in [1.54, 1.807) is 30.3 Å². The Balaban J connectivity index is 1.58. The highest BCUT2D eigenvalue weighted by Gasteiger charge is 2.45. The molecule has 2 aliphatic rings. The molecule has 0 bridgehead atoms. The van der Waals surface area contributed by atoms with Gasteiger partial charge in [-0.15, -0.1) is 0 Å². The zero-order chi connectivity index (χ0) is 20.1. The summed E-state index contributed by atoms with van der Waals surface area (Å²) in [6.07, 6.45) is 0.283. The number of methoxy groups -OCH3 is 1. The van der Waals surface area contributed by atoms with Gasteiger partial charge in [-0.2, -0.15) is 8.78 Å². The molecule has 1 fully saturated rings. The first-order chi connectivity index (χ1) is 13.2. The lowest BCUT2D eigenvalue weighted by Crippen LogP contribution is -2.38. The molecule has 2 aromatic rings. The van der Waals surface area contributed by atoms with E-state index in [4.69, 9.17) is 4.74 Å². The first-order valence-corrected chi connectivity index (χ1v) is 9.33. The normalized spacial score (nSPS) is 24.9. The fourth-order valence-electron chi connectivity index (χ4n) is 4.47. The Kier molecular flexibility index (Phi) is 4.49. The van der Waals surface area contributed by atoms with Crippen LogP contribution in [0.3, 0.4) is 0 Å². The topological polar surface area (TPSA) is 29.5 Å². The van der Waals surface area contributed by atoms with Gasteiger partial charge in [0.2, 0.25) is 5.91 Å². The Hall–Kier alpha value is -2.34. The minimum absolute atomic E-state index is 0.00726. The first kappa shape index (κ1) is 19.0. The maximum Gasteiger partial charge on any atom is 0.299 e. The van der Waals surface area contributed by atoms with Crippen LogP contribution in [0.2, 0.25) is 0 Å². The molecule has 1 heterocycles. The molecule has 148 valence electrons. The highest BCUT2D eigenvalue weighted by Crippen LogP contribution is 2.51. The number of hydrogen-bond acceptors (Lipinski definition) is 2. The molecule has 0 N–H and O–H groups in total. The van der Waals surface area contributed by atoms with Crippen LogP contribution in [0.15, 0.2) is 42.5 Å². The number of amides is 1. The molecular formula is C22H22F3NO2. The first-order valence-electron chi connectivity index (χ1n) is 9.33. The van der Waals surface area contributed by atoms with Gasteiger partial charge in [0.1, 0.15) is 0 Å². The van der Waals surface area contributed by atoms with Crippen LogP contribution in [0.4, 0.5) is 13.2 Å². The van der Waals surface area contributed by atoms with Crippen molar-refractivity contribution in [1.29, 1.82) is 0 Å². The SMILES string of the molecule is COC[C@@]1(F)CC(C)N(C(=O)Cc2ccc3c(c2)-c2ccccc2C3(F)F)C1. The van der Waals surface area contributed by atoms with Gasteiger partial charge >= 0.3 is 0 Å². The number of rotatable bonds is 4. The predicted molar refractivity (Wildman–Crippen MR) is 100 cm³/mol. The number of likely N-dealkylation sites (tertiary alicyclic amines) is 1. The molecule has 1 saturated heterocycles. The van der Waals surface area contributed by atoms with E-state index in [1.165, 1.54) is 24.1 Å². The summed E-state index contributed by atoms with van der Waals surface area (Å²) in [4.78, 5) is 14.3. The second-order valence-corrected chi connectivity index (χ2v) is 7.84. The molecule has 0 saturated carbocycles. The van der Waals surface area contributed by atoms with Gasteiger partial charge in [0.15, 0.2) is 5.67 Å². The van der Waals surface area contributed by atoms with Crippen molar-refractivity contribution in [3.05, 3.63) is 59.2 Å². The number of nitrogens with zero attached hydrogens (tertiary/aromatic N) is 1. The number of carbonyl (C=O) groups excluding carboxylic acids is 1. The van der Waals surface area contributed by atoms with Gasteiger partial charge < -0.3 is 9.64 Å². The van der Waals surface area contributed by atoms with E-state index in [2.05, 4.69) is 0 Å². The molecule has 28 heavy (non-hydrogen) atoms. The van der Waals surface area contributed by atoms with Gasteiger partial charge in [-0.3, -0.25) is 4.79 Å². The monoisotopic (exact) mass is 389 g/mol. The Labute approximate surface area is 162 Å². The standard InChI is InChI=1S/C22H22F3NO2/c1-14-11-21(23,13-28-2)12-26(14)20(27)10-15-7-8-19-17(9-15)16-5-3-4-6-18(16)22(19,24)25/h3-9,14H,10-13H2,1-2H3/t14?,21-/m1/s1. The zero-order valence-electron chi connectivity index (χ0n) is 15.8. The molecule has 4 rings (SSSR count). The van der Waals surface area contributed by atoms with Gasteiger partial charge in [0.25, 0.3) is 5.92 Å².